The van der Waals surface area contributed by atoms with Crippen LogP contribution in [-0.4, -0.2) is 25.1 Å². The Hall–Kier alpha value is -0.430. The fourth-order valence-corrected chi connectivity index (χ4v) is 2.33. The molecular formula is C11H14ClF3N2S. The van der Waals surface area contributed by atoms with Crippen LogP contribution in [0.25, 0.3) is 0 Å². The minimum absolute atomic E-state index is 0. The molecule has 0 spiro atoms. The van der Waals surface area contributed by atoms with Crippen LogP contribution >= 0.6 is 24.2 Å². The van der Waals surface area contributed by atoms with Gasteiger partial charge in [0, 0.05) is 30.6 Å². The van der Waals surface area contributed by atoms with E-state index < -0.39 is 5.51 Å². The van der Waals surface area contributed by atoms with Crippen LogP contribution in [0.2, 0.25) is 0 Å². The third-order valence-electron chi connectivity index (χ3n) is 2.56. The summed E-state index contributed by atoms with van der Waals surface area (Å²) in [5.41, 5.74) is -3.20. The average Bonchev–Trinajstić information content (AvgIpc) is 2.29. The zero-order valence-electron chi connectivity index (χ0n) is 9.46. The number of alkyl halides is 3. The number of hydrogen-bond acceptors (Lipinski definition) is 3. The van der Waals surface area contributed by atoms with Crippen LogP contribution in [0, 0.1) is 0 Å². The summed E-state index contributed by atoms with van der Waals surface area (Å²) in [5, 5.41) is 6.55. The molecule has 18 heavy (non-hydrogen) atoms. The lowest BCUT2D eigenvalue weighted by molar-refractivity contribution is -0.0328. The van der Waals surface area contributed by atoms with Gasteiger partial charge >= 0.3 is 5.51 Å². The molecule has 0 radical (unpaired) electrons. The van der Waals surface area contributed by atoms with Crippen molar-refractivity contribution >= 4 is 24.2 Å². The zero-order valence-corrected chi connectivity index (χ0v) is 11.1. The van der Waals surface area contributed by atoms with Gasteiger partial charge in [0.05, 0.1) is 0 Å². The summed E-state index contributed by atoms with van der Waals surface area (Å²) >= 11 is -0.0799. The van der Waals surface area contributed by atoms with Crippen LogP contribution in [0.5, 0.6) is 0 Å². The Morgan fingerprint density at radius 1 is 1.11 bits per heavy atom. The van der Waals surface area contributed by atoms with Gasteiger partial charge in [-0.1, -0.05) is 12.1 Å². The number of benzene rings is 1. The van der Waals surface area contributed by atoms with Gasteiger partial charge in [-0.3, -0.25) is 0 Å². The van der Waals surface area contributed by atoms with E-state index in [1.165, 1.54) is 12.1 Å². The van der Waals surface area contributed by atoms with E-state index in [2.05, 4.69) is 10.6 Å². The molecule has 0 aliphatic carbocycles. The predicted molar refractivity (Wildman–Crippen MR) is 69.2 cm³/mol. The van der Waals surface area contributed by atoms with Gasteiger partial charge in [-0.05, 0) is 29.5 Å². The molecule has 1 heterocycles. The smallest absolute Gasteiger partial charge is 0.314 e. The summed E-state index contributed by atoms with van der Waals surface area (Å²) < 4.78 is 36.4. The van der Waals surface area contributed by atoms with Gasteiger partial charge in [-0.2, -0.15) is 13.2 Å². The van der Waals surface area contributed by atoms with E-state index in [1.54, 1.807) is 12.1 Å². The first-order valence-corrected chi connectivity index (χ1v) is 6.16. The first kappa shape index (κ1) is 15.6. The summed E-state index contributed by atoms with van der Waals surface area (Å²) in [5.74, 6) is 0. The molecule has 2 nitrogen and oxygen atoms in total. The van der Waals surface area contributed by atoms with Crippen molar-refractivity contribution in [2.75, 3.05) is 19.6 Å². The molecule has 7 heteroatoms. The lowest BCUT2D eigenvalue weighted by Gasteiger charge is -2.25. The van der Waals surface area contributed by atoms with Crippen LogP contribution in [0.15, 0.2) is 29.2 Å². The van der Waals surface area contributed by atoms with E-state index in [9.17, 15) is 13.2 Å². The van der Waals surface area contributed by atoms with Crippen LogP contribution in [0.3, 0.4) is 0 Å². The number of nitrogens with one attached hydrogen (secondary N) is 2. The highest BCUT2D eigenvalue weighted by atomic mass is 35.5. The molecule has 2 N–H and O–H groups in total. The number of piperazine rings is 1. The van der Waals surface area contributed by atoms with Crippen molar-refractivity contribution in [2.24, 2.45) is 0 Å². The minimum atomic E-state index is -4.22. The van der Waals surface area contributed by atoms with E-state index >= 15 is 0 Å². The summed E-state index contributed by atoms with van der Waals surface area (Å²) in [6.07, 6.45) is 0. The van der Waals surface area contributed by atoms with Gasteiger partial charge in [-0.25, -0.2) is 0 Å². The van der Waals surface area contributed by atoms with Gasteiger partial charge in [0.25, 0.3) is 0 Å². The van der Waals surface area contributed by atoms with E-state index in [-0.39, 0.29) is 35.1 Å². The molecule has 1 aliphatic heterocycles. The van der Waals surface area contributed by atoms with Gasteiger partial charge in [0.2, 0.25) is 0 Å². The van der Waals surface area contributed by atoms with Crippen LogP contribution in [-0.2, 0) is 0 Å². The Balaban J connectivity index is 0.00000162. The van der Waals surface area contributed by atoms with Crippen molar-refractivity contribution in [3.8, 4) is 0 Å². The third kappa shape index (κ3) is 4.68. The molecule has 1 aliphatic rings. The molecular weight excluding hydrogens is 285 g/mol. The van der Waals surface area contributed by atoms with Crippen molar-refractivity contribution in [1.29, 1.82) is 0 Å². The monoisotopic (exact) mass is 298 g/mol. The normalized spacial score (nSPS) is 20.3. The Bertz CT molecular complexity index is 364. The van der Waals surface area contributed by atoms with Crippen molar-refractivity contribution < 1.29 is 13.2 Å². The first-order chi connectivity index (χ1) is 8.04. The maximum Gasteiger partial charge on any atom is 0.446 e. The summed E-state index contributed by atoms with van der Waals surface area (Å²) in [6.45, 7) is 2.62. The molecule has 1 aromatic rings. The molecule has 1 fully saturated rings. The maximum atomic E-state index is 12.1. The average molecular weight is 299 g/mol. The molecule has 102 valence electrons. The standard InChI is InChI=1S/C11H13F3N2S.ClH/c12-11(13,14)17-9-3-1-8(2-4-9)10-7-15-5-6-16-10;/h1-4,10,15-16H,5-7H2;1H/t10-;/m0./s1. The Morgan fingerprint density at radius 3 is 2.28 bits per heavy atom. The SMILES string of the molecule is Cl.FC(F)(F)Sc1ccc([C@@H]2CNCCN2)cc1. The van der Waals surface area contributed by atoms with Gasteiger partial charge in [0.15, 0.2) is 0 Å². The molecule has 0 saturated carbocycles. The van der Waals surface area contributed by atoms with Crippen molar-refractivity contribution in [1.82, 2.24) is 10.6 Å². The maximum absolute atomic E-state index is 12.1. The molecule has 1 aromatic carbocycles. The van der Waals surface area contributed by atoms with Crippen LogP contribution in [0.4, 0.5) is 13.2 Å². The second-order valence-electron chi connectivity index (χ2n) is 3.83. The highest BCUT2D eigenvalue weighted by molar-refractivity contribution is 8.00. The van der Waals surface area contributed by atoms with Crippen molar-refractivity contribution in [2.45, 2.75) is 16.4 Å². The minimum Gasteiger partial charge on any atom is -0.314 e. The molecule has 0 aromatic heterocycles. The number of thioether (sulfide) groups is 1. The largest absolute Gasteiger partial charge is 0.446 e. The second-order valence-corrected chi connectivity index (χ2v) is 4.97. The number of rotatable bonds is 2. The summed E-state index contributed by atoms with van der Waals surface area (Å²) in [7, 11) is 0. The number of halogens is 4. The van der Waals surface area contributed by atoms with E-state index in [4.69, 9.17) is 0 Å². The summed E-state index contributed by atoms with van der Waals surface area (Å²) in [6, 6.07) is 6.72. The Kier molecular flexibility index (Phi) is 5.78. The lowest BCUT2D eigenvalue weighted by atomic mass is 10.1. The van der Waals surface area contributed by atoms with E-state index in [0.29, 0.717) is 0 Å². The quantitative estimate of drug-likeness (QED) is 0.821. The van der Waals surface area contributed by atoms with Gasteiger partial charge < -0.3 is 10.6 Å². The van der Waals surface area contributed by atoms with Crippen molar-refractivity contribution in [3.63, 3.8) is 0 Å². The Morgan fingerprint density at radius 2 is 1.78 bits per heavy atom. The summed E-state index contributed by atoms with van der Waals surface area (Å²) in [4.78, 5) is 0.227. The van der Waals surface area contributed by atoms with E-state index in [0.717, 1.165) is 25.2 Å². The van der Waals surface area contributed by atoms with Gasteiger partial charge in [0.1, 0.15) is 0 Å². The topological polar surface area (TPSA) is 24.1 Å². The van der Waals surface area contributed by atoms with Crippen LogP contribution in [0.1, 0.15) is 11.6 Å². The lowest BCUT2D eigenvalue weighted by Crippen LogP contribution is -2.42. The fourth-order valence-electron chi connectivity index (χ4n) is 1.79. The highest BCUT2D eigenvalue weighted by Crippen LogP contribution is 2.36. The predicted octanol–water partition coefficient (Wildman–Crippen LogP) is 2.95. The fraction of sp³-hybridized carbons (Fsp3) is 0.455. The third-order valence-corrected chi connectivity index (χ3v) is 3.30. The molecule has 0 bridgehead atoms. The van der Waals surface area contributed by atoms with E-state index in [1.807, 2.05) is 0 Å². The highest BCUT2D eigenvalue weighted by Gasteiger charge is 2.29. The zero-order chi connectivity index (χ0) is 12.3. The molecule has 1 atom stereocenters. The molecule has 0 amide bonds. The number of hydrogen-bond donors (Lipinski definition) is 2. The first-order valence-electron chi connectivity index (χ1n) is 5.34. The van der Waals surface area contributed by atoms with Crippen LogP contribution < -0.4 is 10.6 Å². The van der Waals surface area contributed by atoms with Crippen molar-refractivity contribution in [3.05, 3.63) is 29.8 Å². The molecule has 2 rings (SSSR count). The molecule has 1 saturated heterocycles. The molecule has 0 unspecified atom stereocenters. The second kappa shape index (κ2) is 6.65. The van der Waals surface area contributed by atoms with Gasteiger partial charge in [-0.15, -0.1) is 12.4 Å². The Labute approximate surface area is 114 Å².